The Labute approximate surface area is 117 Å². The molecule has 7 nitrogen and oxygen atoms in total. The van der Waals surface area contributed by atoms with Crippen LogP contribution in [0.15, 0.2) is 53.5 Å². The molecule has 0 amide bonds. The minimum atomic E-state index is -0.537. The van der Waals surface area contributed by atoms with Crippen LogP contribution in [0.4, 0.5) is 5.69 Å². The van der Waals surface area contributed by atoms with Crippen molar-refractivity contribution in [1.29, 1.82) is 0 Å². The molecular formula is C14H9N3O4. The van der Waals surface area contributed by atoms with Crippen molar-refractivity contribution in [3.63, 3.8) is 0 Å². The van der Waals surface area contributed by atoms with Crippen LogP contribution in [0.2, 0.25) is 0 Å². The third kappa shape index (κ3) is 2.10. The number of aromatic hydroxyl groups is 1. The van der Waals surface area contributed by atoms with Gasteiger partial charge >= 0.3 is 0 Å². The Hall–Kier alpha value is -3.22. The monoisotopic (exact) mass is 283 g/mol. The summed E-state index contributed by atoms with van der Waals surface area (Å²) < 4.78 is 1.22. The number of nitro benzene ring substituents is 1. The molecule has 3 rings (SSSR count). The first-order chi connectivity index (χ1) is 10.1. The van der Waals surface area contributed by atoms with Crippen molar-refractivity contribution in [3.05, 3.63) is 69.1 Å². The van der Waals surface area contributed by atoms with Gasteiger partial charge in [0.05, 0.1) is 16.0 Å². The van der Waals surface area contributed by atoms with E-state index >= 15 is 0 Å². The predicted octanol–water partition coefficient (Wildman–Crippen LogP) is 2.00. The number of hydrogen-bond acceptors (Lipinski definition) is 5. The molecule has 1 N–H and O–H groups in total. The molecule has 0 saturated carbocycles. The van der Waals surface area contributed by atoms with Gasteiger partial charge in [0.1, 0.15) is 5.75 Å². The van der Waals surface area contributed by atoms with E-state index in [1.807, 2.05) is 0 Å². The number of nitrogens with zero attached hydrogens (tertiary/aromatic N) is 3. The molecule has 0 radical (unpaired) electrons. The minimum Gasteiger partial charge on any atom is -0.507 e. The molecule has 0 bridgehead atoms. The van der Waals surface area contributed by atoms with E-state index in [1.54, 1.807) is 18.2 Å². The molecule has 2 heterocycles. The van der Waals surface area contributed by atoms with Crippen LogP contribution in [-0.2, 0) is 0 Å². The van der Waals surface area contributed by atoms with E-state index in [9.17, 15) is 20.0 Å². The van der Waals surface area contributed by atoms with Gasteiger partial charge in [-0.25, -0.2) is 4.98 Å². The molecule has 7 heteroatoms. The molecule has 0 spiro atoms. The number of hydrogen-bond donors (Lipinski definition) is 1. The predicted molar refractivity (Wildman–Crippen MR) is 75.7 cm³/mol. The largest absolute Gasteiger partial charge is 0.507 e. The molecule has 0 unspecified atom stereocenters. The second-order valence-corrected chi connectivity index (χ2v) is 4.35. The number of non-ortho nitro benzene ring substituents is 1. The third-order valence-corrected chi connectivity index (χ3v) is 3.05. The Morgan fingerprint density at radius 2 is 2.00 bits per heavy atom. The maximum absolute atomic E-state index is 12.1. The first-order valence-corrected chi connectivity index (χ1v) is 6.02. The lowest BCUT2D eigenvalue weighted by molar-refractivity contribution is -0.384. The van der Waals surface area contributed by atoms with Gasteiger partial charge in [0, 0.05) is 24.4 Å². The molecule has 0 fully saturated rings. The Balaban J connectivity index is 2.38. The van der Waals surface area contributed by atoms with Crippen LogP contribution in [-0.4, -0.2) is 19.6 Å². The van der Waals surface area contributed by atoms with E-state index in [0.717, 1.165) is 6.07 Å². The van der Waals surface area contributed by atoms with Gasteiger partial charge in [0.2, 0.25) is 0 Å². The van der Waals surface area contributed by atoms with Crippen LogP contribution in [0, 0.1) is 10.1 Å². The zero-order valence-corrected chi connectivity index (χ0v) is 10.6. The van der Waals surface area contributed by atoms with Gasteiger partial charge < -0.3 is 5.11 Å². The molecule has 3 aromatic rings. The highest BCUT2D eigenvalue weighted by atomic mass is 16.6. The van der Waals surface area contributed by atoms with Crippen molar-refractivity contribution in [2.45, 2.75) is 0 Å². The van der Waals surface area contributed by atoms with Crippen molar-refractivity contribution in [2.24, 2.45) is 0 Å². The summed E-state index contributed by atoms with van der Waals surface area (Å²) in [6.07, 6.45) is 1.48. The fourth-order valence-electron chi connectivity index (χ4n) is 2.13. The number of fused-ring (bicyclic) bond motifs is 1. The van der Waals surface area contributed by atoms with Crippen LogP contribution in [0.3, 0.4) is 0 Å². The topological polar surface area (TPSA) is 98.3 Å². The summed E-state index contributed by atoms with van der Waals surface area (Å²) in [4.78, 5) is 26.5. The highest BCUT2D eigenvalue weighted by Gasteiger charge is 2.13. The molecule has 0 saturated heterocycles. The molecular weight excluding hydrogens is 274 g/mol. The molecule has 0 aliphatic heterocycles. The van der Waals surface area contributed by atoms with Gasteiger partial charge in [-0.05, 0) is 18.2 Å². The number of pyridine rings is 2. The second-order valence-electron chi connectivity index (χ2n) is 4.35. The quantitative estimate of drug-likeness (QED) is 0.573. The van der Waals surface area contributed by atoms with Gasteiger partial charge in [-0.2, -0.15) is 0 Å². The summed E-state index contributed by atoms with van der Waals surface area (Å²) in [5.41, 5.74) is -0.0864. The zero-order chi connectivity index (χ0) is 15.0. The summed E-state index contributed by atoms with van der Waals surface area (Å²) in [5, 5.41) is 21.0. The summed E-state index contributed by atoms with van der Waals surface area (Å²) in [6, 6.07) is 9.98. The maximum Gasteiger partial charge on any atom is 0.271 e. The van der Waals surface area contributed by atoms with E-state index < -0.39 is 10.5 Å². The fourth-order valence-corrected chi connectivity index (χ4v) is 2.13. The summed E-state index contributed by atoms with van der Waals surface area (Å²) in [5.74, 6) is -0.176. The van der Waals surface area contributed by atoms with Crippen molar-refractivity contribution in [1.82, 2.24) is 9.55 Å². The number of rotatable bonds is 2. The van der Waals surface area contributed by atoms with E-state index in [0.29, 0.717) is 11.1 Å². The molecule has 104 valence electrons. The SMILES string of the molecule is O=c1cc(O)c2cccnc2n1-c1cccc([N+](=O)[O-])c1. The van der Waals surface area contributed by atoms with E-state index in [-0.39, 0.29) is 17.1 Å². The molecule has 2 aromatic heterocycles. The molecule has 0 aliphatic rings. The maximum atomic E-state index is 12.1. The van der Waals surface area contributed by atoms with Gasteiger partial charge in [-0.3, -0.25) is 19.5 Å². The summed E-state index contributed by atoms with van der Waals surface area (Å²) >= 11 is 0. The lowest BCUT2D eigenvalue weighted by Gasteiger charge is -2.09. The van der Waals surface area contributed by atoms with Crippen LogP contribution in [0.25, 0.3) is 16.7 Å². The van der Waals surface area contributed by atoms with Crippen LogP contribution < -0.4 is 5.56 Å². The Morgan fingerprint density at radius 1 is 1.19 bits per heavy atom. The Bertz CT molecular complexity index is 917. The highest BCUT2D eigenvalue weighted by Crippen LogP contribution is 2.23. The highest BCUT2D eigenvalue weighted by molar-refractivity contribution is 5.83. The standard InChI is InChI=1S/C14H9N3O4/c18-12-8-13(19)16(14-11(12)5-2-6-15-14)9-3-1-4-10(7-9)17(20)21/h1-8,18H. The molecule has 1 aromatic carbocycles. The van der Waals surface area contributed by atoms with Crippen LogP contribution in [0.5, 0.6) is 5.75 Å². The average molecular weight is 283 g/mol. The number of aromatic nitrogens is 2. The van der Waals surface area contributed by atoms with Crippen LogP contribution >= 0.6 is 0 Å². The molecule has 0 aliphatic carbocycles. The zero-order valence-electron chi connectivity index (χ0n) is 10.6. The third-order valence-electron chi connectivity index (χ3n) is 3.05. The van der Waals surface area contributed by atoms with E-state index in [2.05, 4.69) is 4.98 Å². The lowest BCUT2D eigenvalue weighted by atomic mass is 10.2. The summed E-state index contributed by atoms with van der Waals surface area (Å²) in [6.45, 7) is 0. The fraction of sp³-hybridized carbons (Fsp3) is 0. The smallest absolute Gasteiger partial charge is 0.271 e. The van der Waals surface area contributed by atoms with Crippen molar-refractivity contribution >= 4 is 16.7 Å². The van der Waals surface area contributed by atoms with Crippen molar-refractivity contribution < 1.29 is 10.0 Å². The normalized spacial score (nSPS) is 10.7. The Morgan fingerprint density at radius 3 is 2.76 bits per heavy atom. The van der Waals surface area contributed by atoms with Gasteiger partial charge in [-0.1, -0.05) is 6.07 Å². The Kier molecular flexibility index (Phi) is 2.87. The minimum absolute atomic E-state index is 0.128. The average Bonchev–Trinajstić information content (AvgIpc) is 2.47. The molecule has 21 heavy (non-hydrogen) atoms. The van der Waals surface area contributed by atoms with Crippen LogP contribution in [0.1, 0.15) is 0 Å². The summed E-state index contributed by atoms with van der Waals surface area (Å²) in [7, 11) is 0. The lowest BCUT2D eigenvalue weighted by Crippen LogP contribution is -2.18. The first kappa shape index (κ1) is 12.8. The van der Waals surface area contributed by atoms with Crippen molar-refractivity contribution in [3.8, 4) is 11.4 Å². The van der Waals surface area contributed by atoms with Gasteiger partial charge in [0.25, 0.3) is 11.2 Å². The van der Waals surface area contributed by atoms with Gasteiger partial charge in [-0.15, -0.1) is 0 Å². The number of nitro groups is 1. The van der Waals surface area contributed by atoms with Gasteiger partial charge in [0.15, 0.2) is 5.65 Å². The molecule has 0 atom stereocenters. The van der Waals surface area contributed by atoms with Crippen molar-refractivity contribution in [2.75, 3.05) is 0 Å². The first-order valence-electron chi connectivity index (χ1n) is 6.02. The number of benzene rings is 1. The van der Waals surface area contributed by atoms with E-state index in [4.69, 9.17) is 0 Å². The second kappa shape index (κ2) is 4.71. The van der Waals surface area contributed by atoms with E-state index in [1.165, 1.54) is 29.0 Å².